The van der Waals surface area contributed by atoms with Gasteiger partial charge in [-0.3, -0.25) is 16.1 Å². The van der Waals surface area contributed by atoms with Crippen molar-refractivity contribution in [3.8, 4) is 0 Å². The molecular formula is C10H25N3+2. The summed E-state index contributed by atoms with van der Waals surface area (Å²) in [5, 5.41) is 5.32. The van der Waals surface area contributed by atoms with Gasteiger partial charge in [-0.15, -0.1) is 0 Å². The van der Waals surface area contributed by atoms with Gasteiger partial charge in [0.2, 0.25) is 5.84 Å². The molecule has 0 aromatic rings. The van der Waals surface area contributed by atoms with Gasteiger partial charge >= 0.3 is 0 Å². The fourth-order valence-electron chi connectivity index (χ4n) is 0.717. The first-order chi connectivity index (χ1) is 6.04. The molecule has 78 valence electrons. The highest BCUT2D eigenvalue weighted by molar-refractivity contribution is 5.75. The van der Waals surface area contributed by atoms with Gasteiger partial charge in [-0.05, 0) is 12.8 Å². The van der Waals surface area contributed by atoms with Crippen LogP contribution in [0.25, 0.3) is 0 Å². The fourth-order valence-corrected chi connectivity index (χ4v) is 0.717. The Morgan fingerprint density at radius 3 is 1.85 bits per heavy atom. The molecule has 3 heteroatoms. The average Bonchev–Trinajstić information content (AvgIpc) is 2.01. The molecule has 0 heterocycles. The maximum absolute atomic E-state index is 5.32. The van der Waals surface area contributed by atoms with Crippen LogP contribution in [0.1, 0.15) is 47.0 Å². The van der Waals surface area contributed by atoms with Gasteiger partial charge in [0.1, 0.15) is 5.71 Å². The maximum Gasteiger partial charge on any atom is 0.237 e. The third-order valence-electron chi connectivity index (χ3n) is 1.30. The SMILES string of the molecule is CCCC(C)=[NH2+].CCC[NH+]=C(C)N. The second-order valence-corrected chi connectivity index (χ2v) is 3.21. The van der Waals surface area contributed by atoms with E-state index in [1.807, 2.05) is 13.8 Å². The summed E-state index contributed by atoms with van der Waals surface area (Å²) in [5.74, 6) is 0.807. The first kappa shape index (κ1) is 14.7. The molecule has 0 aliphatic rings. The largest absolute Gasteiger partial charge is 0.291 e. The Morgan fingerprint density at radius 1 is 1.23 bits per heavy atom. The van der Waals surface area contributed by atoms with Crippen molar-refractivity contribution < 1.29 is 10.4 Å². The molecule has 0 rings (SSSR count). The van der Waals surface area contributed by atoms with Gasteiger partial charge < -0.3 is 0 Å². The standard InChI is InChI=1S/C5H12N2.C5H11N/c1-3-4-7-5(2)6;1-3-4-5(2)6/h3-4H2,1-2H3,(H2,6,7);6H,3-4H2,1-2H3/p+2. The Balaban J connectivity index is 0. The van der Waals surface area contributed by atoms with Gasteiger partial charge in [-0.25, -0.2) is 0 Å². The Labute approximate surface area is 82.0 Å². The normalized spacial score (nSPS) is 10.3. The lowest BCUT2D eigenvalue weighted by Gasteiger charge is -1.81. The van der Waals surface area contributed by atoms with Crippen LogP contribution in [0.5, 0.6) is 0 Å². The molecule has 5 N–H and O–H groups in total. The molecular weight excluding hydrogens is 162 g/mol. The van der Waals surface area contributed by atoms with Crippen LogP contribution >= 0.6 is 0 Å². The van der Waals surface area contributed by atoms with Crippen LogP contribution in [0.2, 0.25) is 0 Å². The highest BCUT2D eigenvalue weighted by atomic mass is 14.8. The number of nitrogens with one attached hydrogen (secondary N) is 1. The van der Waals surface area contributed by atoms with Crippen LogP contribution in [0.3, 0.4) is 0 Å². The number of hydrogen-bond acceptors (Lipinski definition) is 0. The molecule has 13 heavy (non-hydrogen) atoms. The zero-order valence-corrected chi connectivity index (χ0v) is 9.48. The quantitative estimate of drug-likeness (QED) is 0.378. The van der Waals surface area contributed by atoms with E-state index in [9.17, 15) is 0 Å². The van der Waals surface area contributed by atoms with Gasteiger partial charge in [0, 0.05) is 20.3 Å². The Kier molecular flexibility index (Phi) is 12.6. The molecule has 3 nitrogen and oxygen atoms in total. The zero-order chi connectivity index (χ0) is 10.7. The summed E-state index contributed by atoms with van der Waals surface area (Å²) in [6.07, 6.45) is 3.37. The van der Waals surface area contributed by atoms with Gasteiger partial charge in [0.25, 0.3) is 0 Å². The summed E-state index contributed by atoms with van der Waals surface area (Å²) in [5.41, 5.74) is 6.32. The number of nitrogens with two attached hydrogens (primary N) is 2. The first-order valence-electron chi connectivity index (χ1n) is 4.95. The van der Waals surface area contributed by atoms with E-state index in [1.165, 1.54) is 6.42 Å². The van der Waals surface area contributed by atoms with Crippen LogP contribution in [0.15, 0.2) is 0 Å². The molecule has 0 saturated heterocycles. The molecule has 0 aromatic carbocycles. The van der Waals surface area contributed by atoms with Crippen molar-refractivity contribution in [1.82, 2.24) is 0 Å². The third kappa shape index (κ3) is 24.7. The number of rotatable bonds is 4. The summed E-state index contributed by atoms with van der Waals surface area (Å²) < 4.78 is 0. The second kappa shape index (κ2) is 11.1. The van der Waals surface area contributed by atoms with Crippen molar-refractivity contribution in [2.75, 3.05) is 6.54 Å². The van der Waals surface area contributed by atoms with E-state index in [-0.39, 0.29) is 0 Å². The number of amidine groups is 1. The summed E-state index contributed by atoms with van der Waals surface area (Å²) in [6, 6.07) is 0. The molecule has 0 atom stereocenters. The third-order valence-corrected chi connectivity index (χ3v) is 1.30. The summed E-state index contributed by atoms with van der Waals surface area (Å²) in [4.78, 5) is 2.99. The van der Waals surface area contributed by atoms with Crippen molar-refractivity contribution >= 4 is 11.5 Å². The van der Waals surface area contributed by atoms with E-state index in [2.05, 4.69) is 18.8 Å². The van der Waals surface area contributed by atoms with Crippen molar-refractivity contribution in [2.24, 2.45) is 5.73 Å². The Bertz CT molecular complexity index is 146. The Hall–Kier alpha value is -0.860. The summed E-state index contributed by atoms with van der Waals surface area (Å²) >= 11 is 0. The van der Waals surface area contributed by atoms with Crippen LogP contribution in [0, 0.1) is 0 Å². The van der Waals surface area contributed by atoms with E-state index in [1.54, 1.807) is 0 Å². The molecule has 0 unspecified atom stereocenters. The van der Waals surface area contributed by atoms with E-state index in [0.717, 1.165) is 30.9 Å². The minimum atomic E-state index is 0.807. The smallest absolute Gasteiger partial charge is 0.237 e. The van der Waals surface area contributed by atoms with Gasteiger partial charge in [0.05, 0.1) is 6.54 Å². The predicted octanol–water partition coefficient (Wildman–Crippen LogP) is -1.14. The van der Waals surface area contributed by atoms with E-state index < -0.39 is 0 Å². The van der Waals surface area contributed by atoms with Crippen molar-refractivity contribution in [2.45, 2.75) is 47.0 Å². The highest BCUT2D eigenvalue weighted by Crippen LogP contribution is 1.82. The van der Waals surface area contributed by atoms with Crippen molar-refractivity contribution in [3.05, 3.63) is 0 Å². The molecule has 0 amide bonds. The van der Waals surface area contributed by atoms with Gasteiger partial charge in [0.15, 0.2) is 0 Å². The molecule has 0 spiro atoms. The molecule has 0 aliphatic heterocycles. The summed E-state index contributed by atoms with van der Waals surface area (Å²) in [6.45, 7) is 9.02. The Morgan fingerprint density at radius 2 is 1.77 bits per heavy atom. The number of hydrogen-bond donors (Lipinski definition) is 3. The molecule has 0 aromatic heterocycles. The first-order valence-corrected chi connectivity index (χ1v) is 4.95. The van der Waals surface area contributed by atoms with E-state index >= 15 is 0 Å². The second-order valence-electron chi connectivity index (χ2n) is 3.21. The zero-order valence-electron chi connectivity index (χ0n) is 9.48. The highest BCUT2D eigenvalue weighted by Gasteiger charge is 1.85. The van der Waals surface area contributed by atoms with Gasteiger partial charge in [-0.1, -0.05) is 13.8 Å². The van der Waals surface area contributed by atoms with Gasteiger partial charge in [-0.2, -0.15) is 0 Å². The van der Waals surface area contributed by atoms with E-state index in [0.29, 0.717) is 0 Å². The lowest BCUT2D eigenvalue weighted by Crippen LogP contribution is -2.74. The average molecular weight is 187 g/mol. The monoisotopic (exact) mass is 187 g/mol. The van der Waals surface area contributed by atoms with Crippen LogP contribution in [-0.2, 0) is 0 Å². The lowest BCUT2D eigenvalue weighted by molar-refractivity contribution is -0.458. The predicted molar refractivity (Wildman–Crippen MR) is 58.5 cm³/mol. The maximum atomic E-state index is 5.32. The summed E-state index contributed by atoms with van der Waals surface area (Å²) in [7, 11) is 0. The van der Waals surface area contributed by atoms with E-state index in [4.69, 9.17) is 11.1 Å². The minimum absolute atomic E-state index is 0.807. The lowest BCUT2D eigenvalue weighted by atomic mass is 10.2. The topological polar surface area (TPSA) is 65.6 Å². The molecule has 0 saturated carbocycles. The molecule has 0 radical (unpaired) electrons. The molecule has 0 aliphatic carbocycles. The van der Waals surface area contributed by atoms with Crippen LogP contribution < -0.4 is 16.1 Å². The molecule has 0 bridgehead atoms. The van der Waals surface area contributed by atoms with Crippen molar-refractivity contribution in [1.29, 1.82) is 0 Å². The van der Waals surface area contributed by atoms with Crippen molar-refractivity contribution in [3.63, 3.8) is 0 Å². The fraction of sp³-hybridized carbons (Fsp3) is 0.800. The minimum Gasteiger partial charge on any atom is -0.291 e. The molecule has 0 fully saturated rings. The van der Waals surface area contributed by atoms with Crippen LogP contribution in [0.4, 0.5) is 0 Å². The van der Waals surface area contributed by atoms with Crippen LogP contribution in [-0.4, -0.2) is 18.1 Å².